The Morgan fingerprint density at radius 3 is 1.86 bits per heavy atom. The second-order valence-electron chi connectivity index (χ2n) is 12.5. The van der Waals surface area contributed by atoms with E-state index >= 15 is 0 Å². The van der Waals surface area contributed by atoms with E-state index in [9.17, 15) is 0 Å². The van der Waals surface area contributed by atoms with Crippen LogP contribution in [0.3, 0.4) is 0 Å². The minimum absolute atomic E-state index is 0.666. The first-order chi connectivity index (χ1) is 24.3. The van der Waals surface area contributed by atoms with Gasteiger partial charge in [-0.1, -0.05) is 84.9 Å². The highest BCUT2D eigenvalue weighted by molar-refractivity contribution is 6.23. The molecule has 0 saturated carbocycles. The van der Waals surface area contributed by atoms with E-state index in [-0.39, 0.29) is 0 Å². The molecular formula is C44H25N3O2. The maximum Gasteiger partial charge on any atom is 0.160 e. The van der Waals surface area contributed by atoms with Crippen molar-refractivity contribution < 1.29 is 8.83 Å². The van der Waals surface area contributed by atoms with Crippen molar-refractivity contribution in [3.63, 3.8) is 0 Å². The van der Waals surface area contributed by atoms with Crippen LogP contribution in [0.25, 0.3) is 105 Å². The molecular weight excluding hydrogens is 603 g/mol. The van der Waals surface area contributed by atoms with Crippen molar-refractivity contribution >= 4 is 76.6 Å². The van der Waals surface area contributed by atoms with Gasteiger partial charge in [0.05, 0.1) is 27.6 Å². The summed E-state index contributed by atoms with van der Waals surface area (Å²) >= 11 is 0. The van der Waals surface area contributed by atoms with E-state index in [4.69, 9.17) is 18.8 Å². The monoisotopic (exact) mass is 627 g/mol. The summed E-state index contributed by atoms with van der Waals surface area (Å²) in [6.07, 6.45) is 0. The van der Waals surface area contributed by atoms with Crippen molar-refractivity contribution in [2.24, 2.45) is 0 Å². The molecule has 5 nitrogen and oxygen atoms in total. The van der Waals surface area contributed by atoms with Crippen molar-refractivity contribution in [3.05, 3.63) is 152 Å². The summed E-state index contributed by atoms with van der Waals surface area (Å²) in [6.45, 7) is 0. The first-order valence-corrected chi connectivity index (χ1v) is 16.4. The lowest BCUT2D eigenvalue weighted by Crippen LogP contribution is -1.97. The molecule has 49 heavy (non-hydrogen) atoms. The van der Waals surface area contributed by atoms with Crippen LogP contribution in [0.4, 0.5) is 0 Å². The van der Waals surface area contributed by atoms with Gasteiger partial charge in [0.2, 0.25) is 0 Å². The largest absolute Gasteiger partial charge is 0.455 e. The van der Waals surface area contributed by atoms with Crippen molar-refractivity contribution in [2.45, 2.75) is 0 Å². The Morgan fingerprint density at radius 1 is 0.429 bits per heavy atom. The molecule has 11 aromatic rings. The van der Waals surface area contributed by atoms with Gasteiger partial charge in [0.25, 0.3) is 0 Å². The summed E-state index contributed by atoms with van der Waals surface area (Å²) in [5.74, 6) is 0.666. The lowest BCUT2D eigenvalue weighted by molar-refractivity contribution is 0.670. The normalized spacial score (nSPS) is 12.1. The summed E-state index contributed by atoms with van der Waals surface area (Å²) in [6, 6.07) is 52.4. The van der Waals surface area contributed by atoms with E-state index in [0.29, 0.717) is 5.82 Å². The van der Waals surface area contributed by atoms with Crippen LogP contribution in [0.15, 0.2) is 160 Å². The highest BCUT2D eigenvalue weighted by atomic mass is 16.3. The zero-order valence-electron chi connectivity index (χ0n) is 26.1. The molecule has 11 rings (SSSR count). The molecule has 5 heteroatoms. The molecule has 7 aromatic carbocycles. The highest BCUT2D eigenvalue weighted by Crippen LogP contribution is 2.41. The van der Waals surface area contributed by atoms with Gasteiger partial charge in [0.1, 0.15) is 22.3 Å². The molecule has 0 radical (unpaired) electrons. The Balaban J connectivity index is 1.09. The number of fused-ring (bicyclic) bond motifs is 11. The molecule has 4 aromatic heterocycles. The first kappa shape index (κ1) is 26.4. The Hall–Kier alpha value is -6.72. The zero-order chi connectivity index (χ0) is 32.1. The van der Waals surface area contributed by atoms with E-state index in [1.807, 2.05) is 48.5 Å². The average Bonchev–Trinajstić information content (AvgIpc) is 3.84. The fourth-order valence-electron chi connectivity index (χ4n) is 7.62. The lowest BCUT2D eigenvalue weighted by atomic mass is 10.0. The van der Waals surface area contributed by atoms with E-state index in [1.54, 1.807) is 0 Å². The van der Waals surface area contributed by atoms with Gasteiger partial charge < -0.3 is 13.4 Å². The zero-order valence-corrected chi connectivity index (χ0v) is 26.1. The average molecular weight is 628 g/mol. The Bertz CT molecular complexity index is 3110. The molecule has 0 atom stereocenters. The molecule has 0 bridgehead atoms. The third kappa shape index (κ3) is 3.75. The second kappa shape index (κ2) is 9.89. The van der Waals surface area contributed by atoms with Gasteiger partial charge in [-0.2, -0.15) is 0 Å². The van der Waals surface area contributed by atoms with Crippen molar-refractivity contribution in [2.75, 3.05) is 0 Å². The topological polar surface area (TPSA) is 57.0 Å². The van der Waals surface area contributed by atoms with Gasteiger partial charge in [0.15, 0.2) is 5.82 Å². The number of furan rings is 2. The van der Waals surface area contributed by atoms with Crippen molar-refractivity contribution in [1.82, 2.24) is 14.5 Å². The van der Waals surface area contributed by atoms with Crippen molar-refractivity contribution in [3.8, 4) is 28.3 Å². The van der Waals surface area contributed by atoms with Gasteiger partial charge >= 0.3 is 0 Å². The SMILES string of the molecule is c1ccc2c(-c3cccc4c3oc3ccccc34)nc(-c3ccc(-n4c5ccccc5c5c6oc7ccccc7c6ccc54)cc3)nc2c1. The molecule has 0 aliphatic rings. The Morgan fingerprint density at radius 2 is 1.06 bits per heavy atom. The van der Waals surface area contributed by atoms with Crippen LogP contribution in [-0.2, 0) is 0 Å². The predicted octanol–water partition coefficient (Wildman–Crippen LogP) is 11.9. The smallest absolute Gasteiger partial charge is 0.160 e. The summed E-state index contributed by atoms with van der Waals surface area (Å²) in [5, 5.41) is 7.70. The van der Waals surface area contributed by atoms with Gasteiger partial charge in [0, 0.05) is 49.1 Å². The molecule has 0 unspecified atom stereocenters. The Labute approximate surface area is 279 Å². The van der Waals surface area contributed by atoms with Gasteiger partial charge in [-0.05, 0) is 66.7 Å². The number of rotatable bonds is 3. The maximum absolute atomic E-state index is 6.49. The summed E-state index contributed by atoms with van der Waals surface area (Å²) in [7, 11) is 0. The molecule has 0 saturated heterocycles. The molecule has 0 spiro atoms. The number of para-hydroxylation sites is 5. The first-order valence-electron chi connectivity index (χ1n) is 16.4. The standard InChI is InChI=1S/C44H25N3O2/c1-5-16-35-32(12-1)41(34-15-9-14-30-28-10-3-7-18-38(28)48-42(30)34)46-44(45-35)26-20-22-27(23-21-26)47-36-17-6-2-13-33(36)40-37(47)25-24-31-29-11-4-8-19-39(29)49-43(31)40/h1-25H. The number of benzene rings is 7. The number of nitrogens with zero attached hydrogens (tertiary/aromatic N) is 3. The van der Waals surface area contributed by atoms with Crippen LogP contribution in [0, 0.1) is 0 Å². The predicted molar refractivity (Wildman–Crippen MR) is 199 cm³/mol. The molecule has 0 aliphatic carbocycles. The van der Waals surface area contributed by atoms with E-state index in [1.165, 1.54) is 0 Å². The summed E-state index contributed by atoms with van der Waals surface area (Å²) in [4.78, 5) is 10.3. The Kier molecular flexibility index (Phi) is 5.32. The molecule has 228 valence electrons. The van der Waals surface area contributed by atoms with Gasteiger partial charge in [-0.15, -0.1) is 0 Å². The summed E-state index contributed by atoms with van der Waals surface area (Å²) < 4.78 is 15.2. The van der Waals surface area contributed by atoms with E-state index in [0.717, 1.165) is 99.1 Å². The molecule has 0 fully saturated rings. The van der Waals surface area contributed by atoms with Crippen LogP contribution in [0.2, 0.25) is 0 Å². The fraction of sp³-hybridized carbons (Fsp3) is 0. The van der Waals surface area contributed by atoms with E-state index in [2.05, 4.69) is 108 Å². The van der Waals surface area contributed by atoms with Crippen molar-refractivity contribution in [1.29, 1.82) is 0 Å². The fourth-order valence-corrected chi connectivity index (χ4v) is 7.62. The number of aromatic nitrogens is 3. The molecule has 4 heterocycles. The van der Waals surface area contributed by atoms with Crippen LogP contribution in [-0.4, -0.2) is 14.5 Å². The third-order valence-corrected chi connectivity index (χ3v) is 9.83. The van der Waals surface area contributed by atoms with Crippen LogP contribution < -0.4 is 0 Å². The second-order valence-corrected chi connectivity index (χ2v) is 12.5. The van der Waals surface area contributed by atoms with Crippen LogP contribution in [0.1, 0.15) is 0 Å². The lowest BCUT2D eigenvalue weighted by Gasteiger charge is -2.11. The highest BCUT2D eigenvalue weighted by Gasteiger charge is 2.20. The van der Waals surface area contributed by atoms with Crippen LogP contribution >= 0.6 is 0 Å². The van der Waals surface area contributed by atoms with Gasteiger partial charge in [-0.25, -0.2) is 9.97 Å². The minimum Gasteiger partial charge on any atom is -0.455 e. The van der Waals surface area contributed by atoms with E-state index < -0.39 is 0 Å². The maximum atomic E-state index is 6.49. The molecule has 0 amide bonds. The summed E-state index contributed by atoms with van der Waals surface area (Å²) in [5.41, 5.74) is 10.4. The molecule has 0 N–H and O–H groups in total. The van der Waals surface area contributed by atoms with Crippen LogP contribution in [0.5, 0.6) is 0 Å². The molecule has 0 aliphatic heterocycles. The quantitative estimate of drug-likeness (QED) is 0.196. The number of hydrogen-bond acceptors (Lipinski definition) is 4. The third-order valence-electron chi connectivity index (χ3n) is 9.83. The minimum atomic E-state index is 0.666. The van der Waals surface area contributed by atoms with Gasteiger partial charge in [-0.3, -0.25) is 0 Å². The number of hydrogen-bond donors (Lipinski definition) is 0.